The molecule has 1 amide bonds. The van der Waals surface area contributed by atoms with Gasteiger partial charge >= 0.3 is 0 Å². The molecule has 1 unspecified atom stereocenters. The lowest BCUT2D eigenvalue weighted by Gasteiger charge is -2.22. The van der Waals surface area contributed by atoms with Crippen molar-refractivity contribution in [2.24, 2.45) is 13.0 Å². The normalized spacial score (nSPS) is 12.8. The number of para-hydroxylation sites is 2. The highest BCUT2D eigenvalue weighted by molar-refractivity contribution is 7.20. The Labute approximate surface area is 165 Å². The van der Waals surface area contributed by atoms with Crippen molar-refractivity contribution in [3.63, 3.8) is 0 Å². The minimum Gasteiger partial charge on any atom is -0.341 e. The molecule has 4 rings (SSSR count). The zero-order chi connectivity index (χ0) is 20.0. The van der Waals surface area contributed by atoms with E-state index in [-0.39, 0.29) is 23.4 Å². The second-order valence-electron chi connectivity index (χ2n) is 7.18. The topological polar surface area (TPSA) is 92.7 Å². The number of thiophene rings is 1. The minimum absolute atomic E-state index is 0.135. The van der Waals surface area contributed by atoms with E-state index in [0.717, 1.165) is 16.9 Å². The van der Waals surface area contributed by atoms with E-state index < -0.39 is 0 Å². The van der Waals surface area contributed by atoms with Crippen LogP contribution in [0.5, 0.6) is 0 Å². The van der Waals surface area contributed by atoms with Crippen molar-refractivity contribution in [3.8, 4) is 0 Å². The van der Waals surface area contributed by atoms with Crippen LogP contribution in [0.25, 0.3) is 21.3 Å². The van der Waals surface area contributed by atoms with Crippen LogP contribution in [0.15, 0.2) is 35.4 Å². The van der Waals surface area contributed by atoms with Crippen molar-refractivity contribution in [1.82, 2.24) is 24.8 Å². The lowest BCUT2D eigenvalue weighted by Crippen LogP contribution is -2.33. The molecule has 28 heavy (non-hydrogen) atoms. The molecule has 144 valence electrons. The summed E-state index contributed by atoms with van der Waals surface area (Å²) in [6.07, 6.45) is 1.36. The lowest BCUT2D eigenvalue weighted by molar-refractivity contribution is 0.0926. The van der Waals surface area contributed by atoms with Gasteiger partial charge in [-0.25, -0.2) is 9.97 Å². The number of nitrogens with one attached hydrogen (secondary N) is 2. The number of hydrogen-bond acceptors (Lipinski definition) is 5. The van der Waals surface area contributed by atoms with Crippen molar-refractivity contribution in [2.75, 3.05) is 0 Å². The largest absolute Gasteiger partial charge is 0.341 e. The maximum atomic E-state index is 13.1. The Balaban J connectivity index is 1.74. The maximum Gasteiger partial charge on any atom is 0.262 e. The van der Waals surface area contributed by atoms with Crippen LogP contribution in [0, 0.1) is 12.8 Å². The third-order valence-corrected chi connectivity index (χ3v) is 6.19. The predicted octanol–water partition coefficient (Wildman–Crippen LogP) is 3.31. The summed E-state index contributed by atoms with van der Waals surface area (Å²) in [5, 5.41) is 3.59. The molecule has 0 aliphatic heterocycles. The third-order valence-electron chi connectivity index (χ3n) is 4.99. The Bertz CT molecular complexity index is 1250. The number of imidazole rings is 1. The van der Waals surface area contributed by atoms with Gasteiger partial charge in [-0.05, 0) is 30.5 Å². The van der Waals surface area contributed by atoms with Gasteiger partial charge in [-0.2, -0.15) is 0 Å². The summed E-state index contributed by atoms with van der Waals surface area (Å²) in [7, 11) is 1.96. The number of rotatable bonds is 4. The minimum atomic E-state index is -0.263. The number of benzene rings is 1. The number of fused-ring (bicyclic) bond motifs is 2. The quantitative estimate of drug-likeness (QED) is 0.554. The molecular weight excluding hydrogens is 374 g/mol. The molecular formula is C20H21N5O2S. The van der Waals surface area contributed by atoms with Gasteiger partial charge in [0.1, 0.15) is 10.7 Å². The second kappa shape index (κ2) is 6.87. The lowest BCUT2D eigenvalue weighted by atomic mass is 10.0. The second-order valence-corrected chi connectivity index (χ2v) is 8.18. The first-order valence-electron chi connectivity index (χ1n) is 9.07. The molecule has 7 nitrogen and oxygen atoms in total. The van der Waals surface area contributed by atoms with E-state index in [1.165, 1.54) is 17.7 Å². The number of H-pyrrole nitrogens is 1. The van der Waals surface area contributed by atoms with Crippen molar-refractivity contribution in [1.29, 1.82) is 0 Å². The van der Waals surface area contributed by atoms with Crippen LogP contribution in [0.1, 0.15) is 40.9 Å². The van der Waals surface area contributed by atoms with E-state index in [9.17, 15) is 9.59 Å². The molecule has 3 heterocycles. The molecule has 4 aromatic rings. The summed E-state index contributed by atoms with van der Waals surface area (Å²) >= 11 is 1.23. The fourth-order valence-corrected chi connectivity index (χ4v) is 4.53. The Morgan fingerprint density at radius 2 is 2.04 bits per heavy atom. The average molecular weight is 395 g/mol. The maximum absolute atomic E-state index is 13.1. The fraction of sp³-hybridized carbons (Fsp3) is 0.300. The van der Waals surface area contributed by atoms with Crippen LogP contribution in [0.2, 0.25) is 0 Å². The molecule has 1 aromatic carbocycles. The van der Waals surface area contributed by atoms with Crippen LogP contribution in [0.3, 0.4) is 0 Å². The smallest absolute Gasteiger partial charge is 0.262 e. The van der Waals surface area contributed by atoms with Crippen LogP contribution >= 0.6 is 11.3 Å². The van der Waals surface area contributed by atoms with E-state index in [4.69, 9.17) is 4.98 Å². The Hall–Kier alpha value is -3.00. The zero-order valence-corrected chi connectivity index (χ0v) is 16.9. The monoisotopic (exact) mass is 395 g/mol. The molecule has 0 bridgehead atoms. The van der Waals surface area contributed by atoms with Crippen molar-refractivity contribution in [2.45, 2.75) is 26.8 Å². The summed E-state index contributed by atoms with van der Waals surface area (Å²) in [5.41, 5.74) is 2.34. The number of aromatic amines is 1. The van der Waals surface area contributed by atoms with Gasteiger partial charge in [0.2, 0.25) is 0 Å². The molecule has 2 N–H and O–H groups in total. The van der Waals surface area contributed by atoms with Gasteiger partial charge < -0.3 is 14.9 Å². The van der Waals surface area contributed by atoms with Crippen LogP contribution in [-0.2, 0) is 7.05 Å². The number of hydrogen-bond donors (Lipinski definition) is 2. The molecule has 3 aromatic heterocycles. The summed E-state index contributed by atoms with van der Waals surface area (Å²) < 4.78 is 2.02. The molecule has 0 spiro atoms. The first-order valence-corrected chi connectivity index (χ1v) is 9.89. The molecule has 8 heteroatoms. The SMILES string of the molecule is Cc1c(C(=O)NC(c2nc3ccccc3n2C)C(C)C)sc2nc[nH]c(=O)c12. The number of nitrogens with zero attached hydrogens (tertiary/aromatic N) is 3. The van der Waals surface area contributed by atoms with Crippen molar-refractivity contribution in [3.05, 3.63) is 57.2 Å². The van der Waals surface area contributed by atoms with Gasteiger partial charge in [0, 0.05) is 7.05 Å². The van der Waals surface area contributed by atoms with E-state index in [2.05, 4.69) is 15.3 Å². The van der Waals surface area contributed by atoms with Gasteiger partial charge in [0.05, 0.1) is 33.7 Å². The summed E-state index contributed by atoms with van der Waals surface area (Å²) in [6, 6.07) is 7.64. The predicted molar refractivity (Wildman–Crippen MR) is 111 cm³/mol. The zero-order valence-electron chi connectivity index (χ0n) is 16.1. The average Bonchev–Trinajstić information content (AvgIpc) is 3.18. The van der Waals surface area contributed by atoms with Crippen LogP contribution in [0.4, 0.5) is 0 Å². The number of aromatic nitrogens is 4. The van der Waals surface area contributed by atoms with Crippen LogP contribution < -0.4 is 10.9 Å². The summed E-state index contributed by atoms with van der Waals surface area (Å²) in [6.45, 7) is 5.88. The number of aryl methyl sites for hydroxylation is 2. The Morgan fingerprint density at radius 1 is 1.29 bits per heavy atom. The Kier molecular flexibility index (Phi) is 4.50. The van der Waals surface area contributed by atoms with Gasteiger partial charge in [-0.15, -0.1) is 11.3 Å². The van der Waals surface area contributed by atoms with Crippen LogP contribution in [-0.4, -0.2) is 25.4 Å². The van der Waals surface area contributed by atoms with E-state index in [1.807, 2.05) is 49.7 Å². The molecule has 0 aliphatic carbocycles. The first-order chi connectivity index (χ1) is 13.4. The third kappa shape index (κ3) is 2.90. The molecule has 0 saturated carbocycles. The highest BCUT2D eigenvalue weighted by atomic mass is 32.1. The molecule has 0 fully saturated rings. The standard InChI is InChI=1S/C20H21N5O2S/c1-10(2)15(17-23-12-7-5-6-8-13(12)25(17)4)24-19(27)16-11(3)14-18(26)21-9-22-20(14)28-16/h5-10,15H,1-4H3,(H,24,27)(H,21,22,26). The van der Waals surface area contributed by atoms with Crippen molar-refractivity contribution < 1.29 is 4.79 Å². The van der Waals surface area contributed by atoms with E-state index >= 15 is 0 Å². The molecule has 0 aliphatic rings. The molecule has 0 saturated heterocycles. The number of carbonyl (C=O) groups is 1. The summed E-state index contributed by atoms with van der Waals surface area (Å²) in [4.78, 5) is 37.8. The highest BCUT2D eigenvalue weighted by Gasteiger charge is 2.26. The van der Waals surface area contributed by atoms with Gasteiger partial charge in [0.25, 0.3) is 11.5 Å². The Morgan fingerprint density at radius 3 is 2.71 bits per heavy atom. The van der Waals surface area contributed by atoms with Gasteiger partial charge in [-0.1, -0.05) is 26.0 Å². The number of carbonyl (C=O) groups excluding carboxylic acids is 1. The number of amides is 1. The van der Waals surface area contributed by atoms with E-state index in [0.29, 0.717) is 20.7 Å². The fourth-order valence-electron chi connectivity index (χ4n) is 3.47. The molecule has 1 atom stereocenters. The van der Waals surface area contributed by atoms with E-state index in [1.54, 1.807) is 6.92 Å². The van der Waals surface area contributed by atoms with Crippen molar-refractivity contribution >= 4 is 38.5 Å². The van der Waals surface area contributed by atoms with Gasteiger partial charge in [-0.3, -0.25) is 9.59 Å². The highest BCUT2D eigenvalue weighted by Crippen LogP contribution is 2.29. The summed E-state index contributed by atoms with van der Waals surface area (Å²) in [5.74, 6) is 0.723. The first kappa shape index (κ1) is 18.4. The molecule has 0 radical (unpaired) electrons. The van der Waals surface area contributed by atoms with Gasteiger partial charge in [0.15, 0.2) is 0 Å².